The van der Waals surface area contributed by atoms with Gasteiger partial charge in [-0.15, -0.1) is 0 Å². The van der Waals surface area contributed by atoms with Crippen molar-refractivity contribution in [1.82, 2.24) is 5.32 Å². The van der Waals surface area contributed by atoms with Crippen LogP contribution in [0.4, 0.5) is 4.39 Å². The van der Waals surface area contributed by atoms with Gasteiger partial charge in [0, 0.05) is 4.47 Å². The molecule has 1 unspecified atom stereocenters. The Labute approximate surface area is 134 Å². The Morgan fingerprint density at radius 2 is 1.76 bits per heavy atom. The highest BCUT2D eigenvalue weighted by molar-refractivity contribution is 9.10. The summed E-state index contributed by atoms with van der Waals surface area (Å²) in [5.74, 6) is -0.215. The minimum atomic E-state index is -0.215. The minimum absolute atomic E-state index is 0.0165. The van der Waals surface area contributed by atoms with Crippen LogP contribution in [0, 0.1) is 5.82 Å². The molecule has 0 aromatic heterocycles. The van der Waals surface area contributed by atoms with Crippen LogP contribution in [0.15, 0.2) is 46.9 Å². The summed E-state index contributed by atoms with van der Waals surface area (Å²) in [5.41, 5.74) is 3.42. The molecule has 1 N–H and O–H groups in total. The molecule has 0 radical (unpaired) electrons. The van der Waals surface area contributed by atoms with Gasteiger partial charge in [-0.3, -0.25) is 0 Å². The maximum absolute atomic E-state index is 13.7. The Balaban J connectivity index is 2.36. The van der Waals surface area contributed by atoms with Crippen LogP contribution in [0.2, 0.25) is 0 Å². The van der Waals surface area contributed by atoms with Gasteiger partial charge in [0.05, 0.1) is 6.04 Å². The number of benzene rings is 2. The second kappa shape index (κ2) is 7.71. The first-order valence-electron chi connectivity index (χ1n) is 7.42. The highest BCUT2D eigenvalue weighted by atomic mass is 79.9. The topological polar surface area (TPSA) is 12.0 Å². The molecule has 0 aliphatic carbocycles. The molecular formula is C18H21BrFN. The van der Waals surface area contributed by atoms with E-state index in [4.69, 9.17) is 0 Å². The molecule has 0 spiro atoms. The maximum Gasteiger partial charge on any atom is 0.124 e. The highest BCUT2D eigenvalue weighted by Crippen LogP contribution is 2.26. The standard InChI is InChI=1S/C18H21BrFN/c1-3-9-21-18(14-7-5-13(4-2)6-8-14)15-10-16(19)12-17(20)11-15/h5-8,10-12,18,21H,3-4,9H2,1-2H3. The largest absolute Gasteiger partial charge is 0.306 e. The van der Waals surface area contributed by atoms with Crippen molar-refractivity contribution < 1.29 is 4.39 Å². The first kappa shape index (κ1) is 16.2. The molecule has 0 aliphatic rings. The van der Waals surface area contributed by atoms with Gasteiger partial charge in [-0.25, -0.2) is 4.39 Å². The van der Waals surface area contributed by atoms with Crippen LogP contribution < -0.4 is 5.32 Å². The summed E-state index contributed by atoms with van der Waals surface area (Å²) in [4.78, 5) is 0. The van der Waals surface area contributed by atoms with Gasteiger partial charge < -0.3 is 5.32 Å². The molecule has 1 nitrogen and oxygen atoms in total. The zero-order valence-corrected chi connectivity index (χ0v) is 14.1. The second-order valence-electron chi connectivity index (χ2n) is 5.19. The smallest absolute Gasteiger partial charge is 0.124 e. The Kier molecular flexibility index (Phi) is 5.95. The predicted octanol–water partition coefficient (Wildman–Crippen LogP) is 5.24. The summed E-state index contributed by atoms with van der Waals surface area (Å²) in [5, 5.41) is 3.51. The lowest BCUT2D eigenvalue weighted by Crippen LogP contribution is -2.23. The Bertz CT molecular complexity index is 560. The predicted molar refractivity (Wildman–Crippen MR) is 90.1 cm³/mol. The van der Waals surface area contributed by atoms with Crippen molar-refractivity contribution in [2.24, 2.45) is 0 Å². The van der Waals surface area contributed by atoms with Crippen LogP contribution in [0.1, 0.15) is 43.0 Å². The molecular weight excluding hydrogens is 329 g/mol. The zero-order chi connectivity index (χ0) is 15.2. The minimum Gasteiger partial charge on any atom is -0.306 e. The van der Waals surface area contributed by atoms with Crippen LogP contribution in [0.3, 0.4) is 0 Å². The van der Waals surface area contributed by atoms with Gasteiger partial charge in [0.2, 0.25) is 0 Å². The average Bonchev–Trinajstić information content (AvgIpc) is 2.47. The van der Waals surface area contributed by atoms with E-state index in [0.717, 1.165) is 35.0 Å². The van der Waals surface area contributed by atoms with Gasteiger partial charge >= 0.3 is 0 Å². The Morgan fingerprint density at radius 1 is 1.05 bits per heavy atom. The number of rotatable bonds is 6. The average molecular weight is 350 g/mol. The number of halogens is 2. The van der Waals surface area contributed by atoms with E-state index in [1.807, 2.05) is 6.07 Å². The van der Waals surface area contributed by atoms with Crippen LogP contribution in [0.25, 0.3) is 0 Å². The van der Waals surface area contributed by atoms with E-state index in [0.29, 0.717) is 0 Å². The first-order chi connectivity index (χ1) is 10.1. The summed E-state index contributed by atoms with van der Waals surface area (Å²) >= 11 is 3.38. The molecule has 2 aromatic carbocycles. The van der Waals surface area contributed by atoms with Crippen molar-refractivity contribution >= 4 is 15.9 Å². The molecule has 112 valence electrons. The third-order valence-corrected chi connectivity index (χ3v) is 4.00. The fourth-order valence-electron chi connectivity index (χ4n) is 2.40. The lowest BCUT2D eigenvalue weighted by atomic mass is 9.97. The maximum atomic E-state index is 13.7. The third-order valence-electron chi connectivity index (χ3n) is 3.54. The Morgan fingerprint density at radius 3 is 2.33 bits per heavy atom. The molecule has 0 heterocycles. The van der Waals surface area contributed by atoms with E-state index >= 15 is 0 Å². The SMILES string of the molecule is CCCNC(c1ccc(CC)cc1)c1cc(F)cc(Br)c1. The van der Waals surface area contributed by atoms with Gasteiger partial charge in [0.25, 0.3) is 0 Å². The van der Waals surface area contributed by atoms with Gasteiger partial charge in [-0.1, -0.05) is 54.0 Å². The van der Waals surface area contributed by atoms with E-state index in [1.54, 1.807) is 6.07 Å². The van der Waals surface area contributed by atoms with Crippen molar-refractivity contribution in [2.45, 2.75) is 32.7 Å². The van der Waals surface area contributed by atoms with Gasteiger partial charge in [0.15, 0.2) is 0 Å². The molecule has 0 fully saturated rings. The first-order valence-corrected chi connectivity index (χ1v) is 8.21. The lowest BCUT2D eigenvalue weighted by Gasteiger charge is -2.20. The lowest BCUT2D eigenvalue weighted by molar-refractivity contribution is 0.585. The molecule has 0 saturated heterocycles. The van der Waals surface area contributed by atoms with Crippen LogP contribution >= 0.6 is 15.9 Å². The van der Waals surface area contributed by atoms with E-state index in [1.165, 1.54) is 11.6 Å². The molecule has 0 aliphatic heterocycles. The molecule has 3 heteroatoms. The van der Waals surface area contributed by atoms with Gasteiger partial charge in [-0.2, -0.15) is 0 Å². The van der Waals surface area contributed by atoms with E-state index < -0.39 is 0 Å². The number of hydrogen-bond acceptors (Lipinski definition) is 1. The van der Waals surface area contributed by atoms with E-state index in [9.17, 15) is 4.39 Å². The molecule has 2 rings (SSSR count). The fourth-order valence-corrected chi connectivity index (χ4v) is 2.89. The van der Waals surface area contributed by atoms with Crippen LogP contribution in [-0.2, 0) is 6.42 Å². The second-order valence-corrected chi connectivity index (χ2v) is 6.10. The zero-order valence-electron chi connectivity index (χ0n) is 12.5. The van der Waals surface area contributed by atoms with Crippen LogP contribution in [0.5, 0.6) is 0 Å². The summed E-state index contributed by atoms with van der Waals surface area (Å²) in [6, 6.07) is 13.6. The molecule has 0 bridgehead atoms. The summed E-state index contributed by atoms with van der Waals surface area (Å²) in [7, 11) is 0. The molecule has 2 aromatic rings. The Hall–Kier alpha value is -1.19. The van der Waals surface area contributed by atoms with Gasteiger partial charge in [-0.05, 0) is 54.3 Å². The van der Waals surface area contributed by atoms with Crippen molar-refractivity contribution in [2.75, 3.05) is 6.54 Å². The number of aryl methyl sites for hydroxylation is 1. The van der Waals surface area contributed by atoms with Crippen molar-refractivity contribution in [3.8, 4) is 0 Å². The van der Waals surface area contributed by atoms with Crippen molar-refractivity contribution in [3.05, 3.63) is 69.4 Å². The van der Waals surface area contributed by atoms with E-state index in [2.05, 4.69) is 59.4 Å². The molecule has 1 atom stereocenters. The third kappa shape index (κ3) is 4.39. The number of hydrogen-bond donors (Lipinski definition) is 1. The number of nitrogens with one attached hydrogen (secondary N) is 1. The quantitative estimate of drug-likeness (QED) is 0.751. The molecule has 21 heavy (non-hydrogen) atoms. The van der Waals surface area contributed by atoms with E-state index in [-0.39, 0.29) is 11.9 Å². The highest BCUT2D eigenvalue weighted by Gasteiger charge is 2.14. The monoisotopic (exact) mass is 349 g/mol. The summed E-state index contributed by atoms with van der Waals surface area (Å²) in [6.45, 7) is 5.17. The van der Waals surface area contributed by atoms with Crippen molar-refractivity contribution in [1.29, 1.82) is 0 Å². The fraction of sp³-hybridized carbons (Fsp3) is 0.333. The van der Waals surface area contributed by atoms with Gasteiger partial charge in [0.1, 0.15) is 5.82 Å². The molecule has 0 amide bonds. The van der Waals surface area contributed by atoms with Crippen molar-refractivity contribution in [3.63, 3.8) is 0 Å². The van der Waals surface area contributed by atoms with Crippen LogP contribution in [-0.4, -0.2) is 6.54 Å². The normalized spacial score (nSPS) is 12.4. The molecule has 0 saturated carbocycles. The summed E-state index contributed by atoms with van der Waals surface area (Å²) < 4.78 is 14.5. The summed E-state index contributed by atoms with van der Waals surface area (Å²) in [6.07, 6.45) is 2.07.